The molecule has 1 N–H and O–H groups in total. The number of methoxy groups -OCH3 is 2. The molecule has 0 atom stereocenters. The van der Waals surface area contributed by atoms with E-state index < -0.39 is 23.8 Å². The zero-order chi connectivity index (χ0) is 32.3. The molecule has 0 aliphatic rings. The Kier molecular flexibility index (Phi) is 8.86. The molecule has 45 heavy (non-hydrogen) atoms. The Hall–Kier alpha value is -5.24. The lowest BCUT2D eigenvalue weighted by atomic mass is 10.2. The molecule has 5 rings (SSSR count). The lowest BCUT2D eigenvalue weighted by Gasteiger charge is -2.13. The SMILES string of the molecule is CCOc1cn(-c2ccc(OC(F)(F)F)cc2Cl)nc1C(=O)Nc1ccc(Oc2ccnc3cc(OC)c(OC)cc23)c(F)c1. The molecule has 2 heterocycles. The predicted octanol–water partition coefficient (Wildman–Crippen LogP) is 7.57. The van der Waals surface area contributed by atoms with Crippen LogP contribution in [0.3, 0.4) is 0 Å². The van der Waals surface area contributed by atoms with Crippen LogP contribution in [0, 0.1) is 5.82 Å². The van der Waals surface area contributed by atoms with Crippen molar-refractivity contribution in [2.45, 2.75) is 13.3 Å². The lowest BCUT2D eigenvalue weighted by molar-refractivity contribution is -0.274. The highest BCUT2D eigenvalue weighted by molar-refractivity contribution is 6.32. The molecular formula is C30H23ClF4N4O6. The van der Waals surface area contributed by atoms with Gasteiger partial charge in [-0.3, -0.25) is 9.78 Å². The standard InChI is InChI=1S/C30H23ClF4N4O6/c1-4-43-27-15-39(22-7-6-17(12-19(22)31)45-30(33,34)35)38-28(27)29(40)37-16-5-8-24(20(32)11-16)44-23-9-10-36-21-14-26(42-3)25(41-2)13-18(21)23/h5-15H,4H2,1-3H3,(H,37,40). The predicted molar refractivity (Wildman–Crippen MR) is 156 cm³/mol. The zero-order valence-corrected chi connectivity index (χ0v) is 24.5. The number of benzene rings is 3. The monoisotopic (exact) mass is 646 g/mol. The highest BCUT2D eigenvalue weighted by atomic mass is 35.5. The topological polar surface area (TPSA) is 106 Å². The Morgan fingerprint density at radius 1 is 0.956 bits per heavy atom. The molecule has 5 aromatic rings. The summed E-state index contributed by atoms with van der Waals surface area (Å²) in [4.78, 5) is 17.5. The van der Waals surface area contributed by atoms with Crippen LogP contribution in [-0.2, 0) is 0 Å². The van der Waals surface area contributed by atoms with Gasteiger partial charge in [-0.15, -0.1) is 13.2 Å². The van der Waals surface area contributed by atoms with Gasteiger partial charge in [0.2, 0.25) is 0 Å². The maximum Gasteiger partial charge on any atom is 0.573 e. The van der Waals surface area contributed by atoms with E-state index in [-0.39, 0.29) is 40.2 Å². The fourth-order valence-corrected chi connectivity index (χ4v) is 4.53. The number of anilines is 1. The van der Waals surface area contributed by atoms with Crippen LogP contribution in [-0.4, -0.2) is 47.9 Å². The summed E-state index contributed by atoms with van der Waals surface area (Å²) >= 11 is 6.17. The van der Waals surface area contributed by atoms with Gasteiger partial charge in [0.25, 0.3) is 5.91 Å². The minimum Gasteiger partial charge on any atom is -0.493 e. The fourth-order valence-electron chi connectivity index (χ4n) is 4.28. The summed E-state index contributed by atoms with van der Waals surface area (Å²) in [5.74, 6) is -0.917. The Morgan fingerprint density at radius 3 is 2.38 bits per heavy atom. The molecule has 0 radical (unpaired) electrons. The normalized spacial score (nSPS) is 11.3. The molecule has 3 aromatic carbocycles. The van der Waals surface area contributed by atoms with Crippen molar-refractivity contribution in [2.75, 3.05) is 26.1 Å². The van der Waals surface area contributed by atoms with E-state index in [1.807, 2.05) is 0 Å². The van der Waals surface area contributed by atoms with Crippen molar-refractivity contribution in [1.29, 1.82) is 0 Å². The Balaban J connectivity index is 1.37. The van der Waals surface area contributed by atoms with Crippen molar-refractivity contribution in [1.82, 2.24) is 14.8 Å². The number of hydrogen-bond acceptors (Lipinski definition) is 8. The van der Waals surface area contributed by atoms with Crippen LogP contribution in [0.2, 0.25) is 5.02 Å². The van der Waals surface area contributed by atoms with Crippen LogP contribution in [0.4, 0.5) is 23.2 Å². The number of fused-ring (bicyclic) bond motifs is 1. The van der Waals surface area contributed by atoms with Gasteiger partial charge in [0.05, 0.1) is 43.3 Å². The van der Waals surface area contributed by atoms with Gasteiger partial charge in [0.1, 0.15) is 11.5 Å². The van der Waals surface area contributed by atoms with Gasteiger partial charge in [-0.2, -0.15) is 5.10 Å². The molecule has 15 heteroatoms. The zero-order valence-electron chi connectivity index (χ0n) is 23.7. The third-order valence-electron chi connectivity index (χ3n) is 6.21. The molecule has 0 fully saturated rings. The number of halogens is 5. The molecule has 0 saturated carbocycles. The minimum atomic E-state index is -4.90. The summed E-state index contributed by atoms with van der Waals surface area (Å²) in [5.41, 5.74) is 0.584. The molecule has 0 bridgehead atoms. The van der Waals surface area contributed by atoms with Crippen LogP contribution >= 0.6 is 11.6 Å². The van der Waals surface area contributed by atoms with Gasteiger partial charge < -0.3 is 29.0 Å². The maximum atomic E-state index is 15.2. The Labute approximate surface area is 258 Å². The number of nitrogens with one attached hydrogen (secondary N) is 1. The Bertz CT molecular complexity index is 1880. The smallest absolute Gasteiger partial charge is 0.493 e. The quantitative estimate of drug-likeness (QED) is 0.155. The number of carbonyl (C=O) groups excluding carboxylic acids is 1. The Morgan fingerprint density at radius 2 is 1.71 bits per heavy atom. The first-order chi connectivity index (χ1) is 21.5. The van der Waals surface area contributed by atoms with Gasteiger partial charge in [-0.1, -0.05) is 11.6 Å². The first kappa shape index (κ1) is 31.2. The average Bonchev–Trinajstić information content (AvgIpc) is 3.41. The minimum absolute atomic E-state index is 0.0544. The first-order valence-corrected chi connectivity index (χ1v) is 13.4. The van der Waals surface area contributed by atoms with Crippen LogP contribution in [0.5, 0.6) is 34.5 Å². The number of alkyl halides is 3. The van der Waals surface area contributed by atoms with E-state index in [0.29, 0.717) is 28.2 Å². The number of carbonyl (C=O) groups is 1. The second-order valence-electron chi connectivity index (χ2n) is 9.12. The van der Waals surface area contributed by atoms with Gasteiger partial charge >= 0.3 is 6.36 Å². The molecule has 10 nitrogen and oxygen atoms in total. The van der Waals surface area contributed by atoms with Crippen molar-refractivity contribution < 1.29 is 46.0 Å². The average molecular weight is 647 g/mol. The van der Waals surface area contributed by atoms with E-state index in [2.05, 4.69) is 20.1 Å². The second kappa shape index (κ2) is 12.8. The molecule has 0 aliphatic heterocycles. The summed E-state index contributed by atoms with van der Waals surface area (Å²) in [6.45, 7) is 1.85. The summed E-state index contributed by atoms with van der Waals surface area (Å²) in [6.07, 6.45) is -2.06. The van der Waals surface area contributed by atoms with Crippen LogP contribution in [0.15, 0.2) is 67.0 Å². The third kappa shape index (κ3) is 6.96. The second-order valence-corrected chi connectivity index (χ2v) is 9.52. The molecule has 1 amide bonds. The van der Waals surface area contributed by atoms with Crippen LogP contribution < -0.4 is 29.0 Å². The number of hydrogen-bond donors (Lipinski definition) is 1. The van der Waals surface area contributed by atoms with Gasteiger partial charge in [0, 0.05) is 35.5 Å². The fraction of sp³-hybridized carbons (Fsp3) is 0.167. The van der Waals surface area contributed by atoms with Crippen molar-refractivity contribution >= 4 is 34.1 Å². The van der Waals surface area contributed by atoms with Gasteiger partial charge in [-0.25, -0.2) is 9.07 Å². The molecule has 2 aromatic heterocycles. The summed E-state index contributed by atoms with van der Waals surface area (Å²) in [7, 11) is 2.98. The highest BCUT2D eigenvalue weighted by Crippen LogP contribution is 2.38. The van der Waals surface area contributed by atoms with E-state index in [9.17, 15) is 18.0 Å². The van der Waals surface area contributed by atoms with Crippen LogP contribution in [0.25, 0.3) is 16.6 Å². The molecule has 0 saturated heterocycles. The highest BCUT2D eigenvalue weighted by Gasteiger charge is 2.31. The van der Waals surface area contributed by atoms with Crippen molar-refractivity contribution in [2.24, 2.45) is 0 Å². The van der Waals surface area contributed by atoms with Crippen molar-refractivity contribution in [3.8, 4) is 40.2 Å². The number of amides is 1. The van der Waals surface area contributed by atoms with Gasteiger partial charge in [-0.05, 0) is 43.3 Å². The van der Waals surface area contributed by atoms with E-state index in [4.69, 9.17) is 30.5 Å². The van der Waals surface area contributed by atoms with Crippen LogP contribution in [0.1, 0.15) is 17.4 Å². The van der Waals surface area contributed by atoms with E-state index in [1.165, 1.54) is 49.5 Å². The van der Waals surface area contributed by atoms with Gasteiger partial charge in [0.15, 0.2) is 34.5 Å². The summed E-state index contributed by atoms with van der Waals surface area (Å²) < 4.78 is 80.0. The summed E-state index contributed by atoms with van der Waals surface area (Å²) in [5, 5.41) is 7.17. The van der Waals surface area contributed by atoms with E-state index in [0.717, 1.165) is 18.2 Å². The summed E-state index contributed by atoms with van der Waals surface area (Å²) in [6, 6.07) is 12.0. The third-order valence-corrected chi connectivity index (χ3v) is 6.51. The first-order valence-electron chi connectivity index (χ1n) is 13.1. The largest absolute Gasteiger partial charge is 0.573 e. The number of aromatic nitrogens is 3. The number of rotatable bonds is 10. The number of nitrogens with zero attached hydrogens (tertiary/aromatic N) is 3. The molecule has 0 spiro atoms. The molecule has 234 valence electrons. The van der Waals surface area contributed by atoms with E-state index in [1.54, 1.807) is 25.1 Å². The molecular weight excluding hydrogens is 624 g/mol. The lowest BCUT2D eigenvalue weighted by Crippen LogP contribution is -2.17. The van der Waals surface area contributed by atoms with E-state index >= 15 is 4.39 Å². The number of pyridine rings is 1. The number of ether oxygens (including phenoxy) is 5. The maximum absolute atomic E-state index is 15.2. The molecule has 0 unspecified atom stereocenters. The van der Waals surface area contributed by atoms with Crippen molar-refractivity contribution in [3.63, 3.8) is 0 Å². The molecule has 0 aliphatic carbocycles. The van der Waals surface area contributed by atoms with Crippen molar-refractivity contribution in [3.05, 3.63) is 83.5 Å².